The van der Waals surface area contributed by atoms with Gasteiger partial charge in [-0.05, 0) is 31.2 Å². The molecule has 0 atom stereocenters. The molecule has 0 saturated carbocycles. The van der Waals surface area contributed by atoms with Crippen LogP contribution in [0.5, 0.6) is 0 Å². The summed E-state index contributed by atoms with van der Waals surface area (Å²) in [7, 11) is 0. The van der Waals surface area contributed by atoms with Crippen molar-refractivity contribution in [3.05, 3.63) is 55.0 Å². The van der Waals surface area contributed by atoms with Crippen LogP contribution in [0.15, 0.2) is 55.0 Å². The fraction of sp³-hybridized carbons (Fsp3) is 0.0625. The lowest BCUT2D eigenvalue weighted by atomic mass is 10.1. The molecular weight excluding hydrogens is 264 g/mol. The molecule has 21 heavy (non-hydrogen) atoms. The molecule has 0 aliphatic heterocycles. The van der Waals surface area contributed by atoms with Gasteiger partial charge in [-0.15, -0.1) is 0 Å². The van der Waals surface area contributed by atoms with Gasteiger partial charge in [0, 0.05) is 22.8 Å². The molecule has 5 heteroatoms. The van der Waals surface area contributed by atoms with Crippen LogP contribution < -0.4 is 5.32 Å². The van der Waals surface area contributed by atoms with Crippen LogP contribution >= 0.6 is 0 Å². The normalized spacial score (nSPS) is 11.1. The summed E-state index contributed by atoms with van der Waals surface area (Å²) in [4.78, 5) is 23.2. The lowest BCUT2D eigenvalue weighted by Gasteiger charge is -2.06. The summed E-state index contributed by atoms with van der Waals surface area (Å²) in [6.07, 6.45) is 6.55. The number of anilines is 1. The van der Waals surface area contributed by atoms with Crippen molar-refractivity contribution in [1.82, 2.24) is 15.0 Å². The molecule has 2 aromatic heterocycles. The van der Waals surface area contributed by atoms with Gasteiger partial charge in [0.2, 0.25) is 5.91 Å². The maximum Gasteiger partial charge on any atom is 0.248 e. The Morgan fingerprint density at radius 1 is 1.29 bits per heavy atom. The number of aromatic nitrogens is 3. The second-order valence-corrected chi connectivity index (χ2v) is 4.53. The standard InChI is InChI=1S/C16H14N4O/c1-2-4-14(21)20-12-6-3-5-11(9-12)15-13-7-8-17-16(13)19-10-18-15/h2-10H,1H3,(H,20,21)(H,17,18,19)/b4-2+. The van der Waals surface area contributed by atoms with Gasteiger partial charge in [0.15, 0.2) is 0 Å². The van der Waals surface area contributed by atoms with Crippen LogP contribution in [-0.2, 0) is 4.79 Å². The zero-order chi connectivity index (χ0) is 14.7. The minimum Gasteiger partial charge on any atom is -0.346 e. The first kappa shape index (κ1) is 13.1. The van der Waals surface area contributed by atoms with E-state index in [-0.39, 0.29) is 5.91 Å². The number of fused-ring (bicyclic) bond motifs is 1. The average Bonchev–Trinajstić information content (AvgIpc) is 2.96. The van der Waals surface area contributed by atoms with Crippen LogP contribution in [0.3, 0.4) is 0 Å². The number of rotatable bonds is 3. The summed E-state index contributed by atoms with van der Waals surface area (Å²) in [6, 6.07) is 9.54. The number of carbonyl (C=O) groups is 1. The van der Waals surface area contributed by atoms with E-state index in [1.54, 1.807) is 13.0 Å². The molecule has 3 aromatic rings. The Morgan fingerprint density at radius 2 is 2.19 bits per heavy atom. The predicted molar refractivity (Wildman–Crippen MR) is 82.8 cm³/mol. The van der Waals surface area contributed by atoms with Gasteiger partial charge >= 0.3 is 0 Å². The summed E-state index contributed by atoms with van der Waals surface area (Å²) in [5, 5.41) is 3.77. The highest BCUT2D eigenvalue weighted by Gasteiger charge is 2.08. The van der Waals surface area contributed by atoms with Gasteiger partial charge < -0.3 is 10.3 Å². The summed E-state index contributed by atoms with van der Waals surface area (Å²) in [6.45, 7) is 1.81. The zero-order valence-corrected chi connectivity index (χ0v) is 11.5. The van der Waals surface area contributed by atoms with Crippen molar-refractivity contribution in [3.63, 3.8) is 0 Å². The fourth-order valence-electron chi connectivity index (χ4n) is 2.18. The second kappa shape index (κ2) is 5.58. The number of carbonyl (C=O) groups excluding carboxylic acids is 1. The third-order valence-corrected chi connectivity index (χ3v) is 3.08. The maximum atomic E-state index is 11.6. The van der Waals surface area contributed by atoms with E-state index in [0.717, 1.165) is 28.0 Å². The van der Waals surface area contributed by atoms with Gasteiger partial charge in [0.05, 0.1) is 5.69 Å². The second-order valence-electron chi connectivity index (χ2n) is 4.53. The molecule has 0 aliphatic carbocycles. The largest absolute Gasteiger partial charge is 0.346 e. The minimum atomic E-state index is -0.149. The van der Waals surface area contributed by atoms with Crippen molar-refractivity contribution in [2.24, 2.45) is 0 Å². The third kappa shape index (κ3) is 2.67. The smallest absolute Gasteiger partial charge is 0.248 e. The number of amides is 1. The van der Waals surface area contributed by atoms with Crippen molar-refractivity contribution >= 4 is 22.6 Å². The van der Waals surface area contributed by atoms with E-state index in [4.69, 9.17) is 0 Å². The molecular formula is C16H14N4O. The Balaban J connectivity index is 2.00. The molecule has 104 valence electrons. The Bertz CT molecular complexity index is 820. The van der Waals surface area contributed by atoms with Crippen molar-refractivity contribution in [2.75, 3.05) is 5.32 Å². The van der Waals surface area contributed by atoms with Gasteiger partial charge in [-0.3, -0.25) is 4.79 Å². The molecule has 0 unspecified atom stereocenters. The summed E-state index contributed by atoms with van der Waals surface area (Å²) >= 11 is 0. The fourth-order valence-corrected chi connectivity index (χ4v) is 2.18. The number of hydrogen-bond donors (Lipinski definition) is 2. The van der Waals surface area contributed by atoms with Crippen LogP contribution in [0.4, 0.5) is 5.69 Å². The summed E-state index contributed by atoms with van der Waals surface area (Å²) in [5.41, 5.74) is 3.30. The first-order valence-corrected chi connectivity index (χ1v) is 6.60. The number of hydrogen-bond acceptors (Lipinski definition) is 3. The summed E-state index contributed by atoms with van der Waals surface area (Å²) < 4.78 is 0. The Labute approximate surface area is 121 Å². The minimum absolute atomic E-state index is 0.149. The van der Waals surface area contributed by atoms with E-state index in [0.29, 0.717) is 0 Å². The molecule has 2 heterocycles. The van der Waals surface area contributed by atoms with Gasteiger partial charge in [0.1, 0.15) is 12.0 Å². The highest BCUT2D eigenvalue weighted by Crippen LogP contribution is 2.26. The Morgan fingerprint density at radius 3 is 3.05 bits per heavy atom. The maximum absolute atomic E-state index is 11.6. The van der Waals surface area contributed by atoms with Crippen molar-refractivity contribution in [1.29, 1.82) is 0 Å². The molecule has 0 saturated heterocycles. The van der Waals surface area contributed by atoms with Crippen LogP contribution in [0, 0.1) is 0 Å². The van der Waals surface area contributed by atoms with Crippen molar-refractivity contribution in [3.8, 4) is 11.3 Å². The molecule has 1 aromatic carbocycles. The molecule has 2 N–H and O–H groups in total. The third-order valence-electron chi connectivity index (χ3n) is 3.08. The molecule has 3 rings (SSSR count). The Hall–Kier alpha value is -2.95. The van der Waals surface area contributed by atoms with E-state index >= 15 is 0 Å². The summed E-state index contributed by atoms with van der Waals surface area (Å²) in [5.74, 6) is -0.149. The highest BCUT2D eigenvalue weighted by atomic mass is 16.1. The van der Waals surface area contributed by atoms with Crippen LogP contribution in [-0.4, -0.2) is 20.9 Å². The lowest BCUT2D eigenvalue weighted by Crippen LogP contribution is -2.07. The number of benzene rings is 1. The van der Waals surface area contributed by atoms with Gasteiger partial charge in [-0.1, -0.05) is 18.2 Å². The number of H-pyrrole nitrogens is 1. The van der Waals surface area contributed by atoms with Crippen molar-refractivity contribution in [2.45, 2.75) is 6.92 Å². The molecule has 1 amide bonds. The van der Waals surface area contributed by atoms with E-state index in [2.05, 4.69) is 20.3 Å². The van der Waals surface area contributed by atoms with Crippen LogP contribution in [0.2, 0.25) is 0 Å². The quantitative estimate of drug-likeness (QED) is 0.723. The van der Waals surface area contributed by atoms with Gasteiger partial charge in [0.25, 0.3) is 0 Å². The van der Waals surface area contributed by atoms with Crippen LogP contribution in [0.25, 0.3) is 22.3 Å². The molecule has 0 radical (unpaired) electrons. The van der Waals surface area contributed by atoms with Crippen molar-refractivity contribution < 1.29 is 4.79 Å². The highest BCUT2D eigenvalue weighted by molar-refractivity contribution is 6.00. The SMILES string of the molecule is C/C=C/C(=O)Nc1cccc(-c2ncnc3[nH]ccc23)c1. The average molecular weight is 278 g/mol. The Kier molecular flexibility index (Phi) is 3.47. The van der Waals surface area contributed by atoms with E-state index in [1.807, 2.05) is 36.5 Å². The zero-order valence-electron chi connectivity index (χ0n) is 11.5. The van der Waals surface area contributed by atoms with E-state index in [1.165, 1.54) is 12.4 Å². The number of allylic oxidation sites excluding steroid dienone is 1. The number of nitrogens with zero attached hydrogens (tertiary/aromatic N) is 2. The first-order valence-electron chi connectivity index (χ1n) is 6.60. The molecule has 0 aliphatic rings. The topological polar surface area (TPSA) is 70.7 Å². The monoisotopic (exact) mass is 278 g/mol. The predicted octanol–water partition coefficient (Wildman–Crippen LogP) is 3.14. The van der Waals surface area contributed by atoms with Gasteiger partial charge in [-0.25, -0.2) is 9.97 Å². The molecule has 0 fully saturated rings. The molecule has 5 nitrogen and oxygen atoms in total. The number of aromatic amines is 1. The molecule has 0 spiro atoms. The number of nitrogens with one attached hydrogen (secondary N) is 2. The first-order chi connectivity index (χ1) is 10.3. The molecule has 0 bridgehead atoms. The van der Waals surface area contributed by atoms with Crippen LogP contribution in [0.1, 0.15) is 6.92 Å². The van der Waals surface area contributed by atoms with E-state index < -0.39 is 0 Å². The van der Waals surface area contributed by atoms with E-state index in [9.17, 15) is 4.79 Å². The lowest BCUT2D eigenvalue weighted by molar-refractivity contribution is -0.111. The van der Waals surface area contributed by atoms with Gasteiger partial charge in [-0.2, -0.15) is 0 Å².